The van der Waals surface area contributed by atoms with Gasteiger partial charge in [0, 0.05) is 30.2 Å². The first-order chi connectivity index (χ1) is 10.3. The molecule has 21 heavy (non-hydrogen) atoms. The van der Waals surface area contributed by atoms with E-state index in [4.69, 9.17) is 0 Å². The Bertz CT molecular complexity index is 686. The normalized spacial score (nSPS) is 24.3. The first-order valence-electron chi connectivity index (χ1n) is 8.01. The predicted octanol–water partition coefficient (Wildman–Crippen LogP) is 2.91. The second kappa shape index (κ2) is 5.54. The Morgan fingerprint density at radius 3 is 2.95 bits per heavy atom. The van der Waals surface area contributed by atoms with E-state index in [0.717, 1.165) is 35.7 Å². The quantitative estimate of drug-likeness (QED) is 0.875. The smallest absolute Gasteiger partial charge is 0.258 e. The number of nitrogens with zero attached hydrogens (tertiary/aromatic N) is 3. The van der Waals surface area contributed by atoms with Gasteiger partial charge in [0.2, 0.25) is 0 Å². The zero-order valence-electron chi connectivity index (χ0n) is 12.2. The average Bonchev–Trinajstić information content (AvgIpc) is 3.19. The van der Waals surface area contributed by atoms with Gasteiger partial charge in [-0.2, -0.15) is 0 Å². The Morgan fingerprint density at radius 1 is 1.24 bits per heavy atom. The van der Waals surface area contributed by atoms with E-state index in [2.05, 4.69) is 9.88 Å². The molecule has 3 heterocycles. The van der Waals surface area contributed by atoms with E-state index < -0.39 is 0 Å². The third-order valence-electron chi connectivity index (χ3n) is 5.08. The maximum Gasteiger partial charge on any atom is 0.258 e. The van der Waals surface area contributed by atoms with Crippen molar-refractivity contribution < 1.29 is 0 Å². The molecule has 5 heteroatoms. The lowest BCUT2D eigenvalue weighted by atomic mass is 9.96. The van der Waals surface area contributed by atoms with Crippen molar-refractivity contribution in [2.75, 3.05) is 6.54 Å². The summed E-state index contributed by atoms with van der Waals surface area (Å²) < 4.78 is 1.63. The summed E-state index contributed by atoms with van der Waals surface area (Å²) >= 11 is 1.53. The van der Waals surface area contributed by atoms with Gasteiger partial charge in [-0.1, -0.05) is 12.8 Å². The molecule has 2 aromatic rings. The molecule has 4 nitrogen and oxygen atoms in total. The molecule has 0 unspecified atom stereocenters. The van der Waals surface area contributed by atoms with Crippen molar-refractivity contribution >= 4 is 16.3 Å². The van der Waals surface area contributed by atoms with Gasteiger partial charge < -0.3 is 0 Å². The molecular weight excluding hydrogens is 282 g/mol. The highest BCUT2D eigenvalue weighted by atomic mass is 32.1. The molecule has 4 rings (SSSR count). The minimum absolute atomic E-state index is 0.0489. The lowest BCUT2D eigenvalue weighted by Gasteiger charge is -2.29. The van der Waals surface area contributed by atoms with Crippen molar-refractivity contribution in [2.45, 2.75) is 51.1 Å². The summed E-state index contributed by atoms with van der Waals surface area (Å²) in [6.45, 7) is 2.00. The number of likely N-dealkylation sites (tertiary alicyclic amines) is 1. The monoisotopic (exact) mass is 303 g/mol. The average molecular weight is 303 g/mol. The fraction of sp³-hybridized carbons (Fsp3) is 0.625. The lowest BCUT2D eigenvalue weighted by Crippen LogP contribution is -2.34. The van der Waals surface area contributed by atoms with Crippen LogP contribution < -0.4 is 5.56 Å². The number of thiazole rings is 1. The second-order valence-electron chi connectivity index (χ2n) is 6.37. The van der Waals surface area contributed by atoms with Crippen molar-refractivity contribution in [2.24, 2.45) is 5.92 Å². The van der Waals surface area contributed by atoms with E-state index >= 15 is 0 Å². The molecule has 112 valence electrons. The van der Waals surface area contributed by atoms with E-state index in [0.29, 0.717) is 0 Å². The molecule has 2 fully saturated rings. The topological polar surface area (TPSA) is 37.6 Å². The van der Waals surface area contributed by atoms with Crippen LogP contribution in [0.4, 0.5) is 0 Å². The van der Waals surface area contributed by atoms with Gasteiger partial charge in [-0.15, -0.1) is 11.3 Å². The summed E-state index contributed by atoms with van der Waals surface area (Å²) in [5.74, 6) is 0.874. The first-order valence-corrected chi connectivity index (χ1v) is 8.89. The number of hydrogen-bond donors (Lipinski definition) is 0. The second-order valence-corrected chi connectivity index (χ2v) is 7.24. The van der Waals surface area contributed by atoms with Crippen LogP contribution in [0.15, 0.2) is 22.4 Å². The molecule has 0 bridgehead atoms. The van der Waals surface area contributed by atoms with Crippen LogP contribution in [0.2, 0.25) is 0 Å². The number of aromatic nitrogens is 2. The summed E-state index contributed by atoms with van der Waals surface area (Å²) in [5.41, 5.74) is 0.986. The highest BCUT2D eigenvalue weighted by Gasteiger charge is 2.33. The van der Waals surface area contributed by atoms with Crippen LogP contribution in [-0.4, -0.2) is 26.9 Å². The largest absolute Gasteiger partial charge is 0.294 e. The summed E-state index contributed by atoms with van der Waals surface area (Å²) in [7, 11) is 0. The Morgan fingerprint density at radius 2 is 2.10 bits per heavy atom. The van der Waals surface area contributed by atoms with Crippen molar-refractivity contribution in [3.63, 3.8) is 0 Å². The molecule has 1 aliphatic carbocycles. The van der Waals surface area contributed by atoms with Crippen LogP contribution in [0.1, 0.15) is 44.2 Å². The Kier molecular flexibility index (Phi) is 3.55. The summed E-state index contributed by atoms with van der Waals surface area (Å²) in [6, 6.07) is 2.43. The van der Waals surface area contributed by atoms with Crippen molar-refractivity contribution in [1.82, 2.24) is 14.3 Å². The SMILES string of the molecule is O=c1cc(CN2CCC[C@H]2C2CCCC2)nc2sccn12. The molecular formula is C16H21N3OS. The summed E-state index contributed by atoms with van der Waals surface area (Å²) in [5, 5.41) is 1.92. The summed E-state index contributed by atoms with van der Waals surface area (Å²) in [4.78, 5) is 20.1. The number of fused-ring (bicyclic) bond motifs is 1. The number of hydrogen-bond acceptors (Lipinski definition) is 4. The van der Waals surface area contributed by atoms with Crippen molar-refractivity contribution in [3.05, 3.63) is 33.7 Å². The third kappa shape index (κ3) is 2.53. The number of rotatable bonds is 3. The maximum absolute atomic E-state index is 12.1. The molecule has 2 aromatic heterocycles. The Balaban J connectivity index is 1.57. The van der Waals surface area contributed by atoms with Gasteiger partial charge in [0.05, 0.1) is 5.69 Å². The van der Waals surface area contributed by atoms with Crippen LogP contribution in [0.3, 0.4) is 0 Å². The zero-order chi connectivity index (χ0) is 14.2. The van der Waals surface area contributed by atoms with E-state index in [1.807, 2.05) is 5.38 Å². The molecule has 0 spiro atoms. The van der Waals surface area contributed by atoms with Crippen LogP contribution in [-0.2, 0) is 6.54 Å². The van der Waals surface area contributed by atoms with Crippen molar-refractivity contribution in [3.8, 4) is 0 Å². The highest BCUT2D eigenvalue weighted by molar-refractivity contribution is 7.15. The summed E-state index contributed by atoms with van der Waals surface area (Å²) in [6.07, 6.45) is 10.00. The predicted molar refractivity (Wildman–Crippen MR) is 84.7 cm³/mol. The fourth-order valence-corrected chi connectivity index (χ4v) is 4.84. The Hall–Kier alpha value is -1.20. The van der Waals surface area contributed by atoms with E-state index in [1.165, 1.54) is 49.9 Å². The first kappa shape index (κ1) is 13.5. The van der Waals surface area contributed by atoms with Gasteiger partial charge >= 0.3 is 0 Å². The van der Waals surface area contributed by atoms with Crippen LogP contribution >= 0.6 is 11.3 Å². The molecule has 1 aliphatic heterocycles. The Labute approximate surface area is 128 Å². The molecule has 0 aromatic carbocycles. The lowest BCUT2D eigenvalue weighted by molar-refractivity contribution is 0.181. The molecule has 1 saturated heterocycles. The molecule has 0 radical (unpaired) electrons. The minimum Gasteiger partial charge on any atom is -0.294 e. The molecule has 1 saturated carbocycles. The van der Waals surface area contributed by atoms with Crippen molar-refractivity contribution in [1.29, 1.82) is 0 Å². The van der Waals surface area contributed by atoms with Crippen LogP contribution in [0.25, 0.3) is 4.96 Å². The van der Waals surface area contributed by atoms with Crippen LogP contribution in [0.5, 0.6) is 0 Å². The molecule has 2 aliphatic rings. The van der Waals surface area contributed by atoms with E-state index in [9.17, 15) is 4.79 Å². The molecule has 1 atom stereocenters. The standard InChI is InChI=1S/C16H21N3OS/c20-15-10-13(17-16-19(15)8-9-21-16)11-18-7-3-6-14(18)12-4-1-2-5-12/h8-10,12,14H,1-7,11H2/t14-/m0/s1. The molecule has 0 amide bonds. The van der Waals surface area contributed by atoms with Gasteiger partial charge in [0.15, 0.2) is 4.96 Å². The van der Waals surface area contributed by atoms with Gasteiger partial charge in [0.25, 0.3) is 5.56 Å². The van der Waals surface area contributed by atoms with Gasteiger partial charge in [-0.3, -0.25) is 14.1 Å². The minimum atomic E-state index is 0.0489. The van der Waals surface area contributed by atoms with Gasteiger partial charge in [-0.05, 0) is 38.1 Å². The maximum atomic E-state index is 12.1. The fourth-order valence-electron chi connectivity index (χ4n) is 4.10. The zero-order valence-corrected chi connectivity index (χ0v) is 13.0. The van der Waals surface area contributed by atoms with E-state index in [-0.39, 0.29) is 5.56 Å². The van der Waals surface area contributed by atoms with Crippen LogP contribution in [0, 0.1) is 5.92 Å². The molecule has 0 N–H and O–H groups in total. The van der Waals surface area contributed by atoms with Gasteiger partial charge in [-0.25, -0.2) is 4.98 Å². The highest BCUT2D eigenvalue weighted by Crippen LogP contribution is 2.35. The van der Waals surface area contributed by atoms with E-state index in [1.54, 1.807) is 16.7 Å². The third-order valence-corrected chi connectivity index (χ3v) is 5.84. The van der Waals surface area contributed by atoms with Gasteiger partial charge in [0.1, 0.15) is 0 Å².